The predicted octanol–water partition coefficient (Wildman–Crippen LogP) is 21.2. The first-order chi connectivity index (χ1) is 35.0. The highest BCUT2D eigenvalue weighted by Gasteiger charge is 2.19. The quantitative estimate of drug-likeness (QED) is 0.0261. The molecule has 1 atom stereocenters. The molecule has 0 amide bonds. The Labute approximate surface area is 442 Å². The van der Waals surface area contributed by atoms with Gasteiger partial charge in [-0.15, -0.1) is 0 Å². The number of esters is 3. The summed E-state index contributed by atoms with van der Waals surface area (Å²) in [7, 11) is 0. The van der Waals surface area contributed by atoms with Crippen LogP contribution in [-0.2, 0) is 28.6 Å². The van der Waals surface area contributed by atoms with Crippen LogP contribution in [0.25, 0.3) is 0 Å². The lowest BCUT2D eigenvalue weighted by Crippen LogP contribution is -2.30. The van der Waals surface area contributed by atoms with Gasteiger partial charge in [-0.3, -0.25) is 14.4 Å². The van der Waals surface area contributed by atoms with E-state index in [0.717, 1.165) is 70.6 Å². The van der Waals surface area contributed by atoms with Crippen molar-refractivity contribution in [2.24, 2.45) is 0 Å². The predicted molar refractivity (Wildman–Crippen MR) is 307 cm³/mol. The topological polar surface area (TPSA) is 78.9 Å². The van der Waals surface area contributed by atoms with Crippen LogP contribution in [-0.4, -0.2) is 37.2 Å². The highest BCUT2D eigenvalue weighted by Crippen LogP contribution is 2.17. The molecule has 0 saturated carbocycles. The van der Waals surface area contributed by atoms with Crippen molar-refractivity contribution >= 4 is 17.9 Å². The Morgan fingerprint density at radius 3 is 0.817 bits per heavy atom. The van der Waals surface area contributed by atoms with Crippen molar-refractivity contribution in [3.8, 4) is 0 Å². The molecule has 0 saturated heterocycles. The highest BCUT2D eigenvalue weighted by molar-refractivity contribution is 5.71. The molecule has 0 N–H and O–H groups in total. The molecule has 416 valence electrons. The van der Waals surface area contributed by atoms with Crippen molar-refractivity contribution in [3.05, 3.63) is 36.5 Å². The number of ether oxygens (including phenoxy) is 3. The number of carbonyl (C=O) groups excluding carboxylic acids is 3. The molecule has 0 aromatic rings. The molecule has 0 fully saturated rings. The largest absolute Gasteiger partial charge is 0.462 e. The Hall–Kier alpha value is -2.37. The summed E-state index contributed by atoms with van der Waals surface area (Å²) in [6.07, 6.45) is 73.1. The van der Waals surface area contributed by atoms with E-state index in [1.165, 1.54) is 231 Å². The summed E-state index contributed by atoms with van der Waals surface area (Å²) >= 11 is 0. The fourth-order valence-electron chi connectivity index (χ4n) is 9.35. The van der Waals surface area contributed by atoms with Gasteiger partial charge in [0.2, 0.25) is 0 Å². The van der Waals surface area contributed by atoms with E-state index in [0.29, 0.717) is 19.3 Å². The van der Waals surface area contributed by atoms with E-state index in [4.69, 9.17) is 14.2 Å². The van der Waals surface area contributed by atoms with Gasteiger partial charge >= 0.3 is 17.9 Å². The number of carbonyl (C=O) groups is 3. The van der Waals surface area contributed by atoms with Crippen molar-refractivity contribution in [2.75, 3.05) is 13.2 Å². The number of hydrogen-bond acceptors (Lipinski definition) is 6. The zero-order chi connectivity index (χ0) is 51.4. The Morgan fingerprint density at radius 1 is 0.282 bits per heavy atom. The minimum absolute atomic E-state index is 0.0713. The molecule has 0 heterocycles. The summed E-state index contributed by atoms with van der Waals surface area (Å²) in [5.74, 6) is -0.863. The maximum absolute atomic E-state index is 12.8. The summed E-state index contributed by atoms with van der Waals surface area (Å²) in [4.78, 5) is 38.1. The van der Waals surface area contributed by atoms with Gasteiger partial charge in [0.05, 0.1) is 0 Å². The maximum atomic E-state index is 12.8. The molecular formula is C65H120O6. The van der Waals surface area contributed by atoms with Crippen LogP contribution < -0.4 is 0 Å². The van der Waals surface area contributed by atoms with E-state index in [1.54, 1.807) is 0 Å². The lowest BCUT2D eigenvalue weighted by atomic mass is 10.0. The summed E-state index contributed by atoms with van der Waals surface area (Å²) < 4.78 is 16.9. The number of hydrogen-bond donors (Lipinski definition) is 0. The Morgan fingerprint density at radius 2 is 0.507 bits per heavy atom. The van der Waals surface area contributed by atoms with Crippen molar-refractivity contribution in [3.63, 3.8) is 0 Å². The smallest absolute Gasteiger partial charge is 0.306 e. The molecule has 0 spiro atoms. The molecule has 0 aromatic carbocycles. The maximum Gasteiger partial charge on any atom is 0.306 e. The first-order valence-corrected chi connectivity index (χ1v) is 31.5. The zero-order valence-electron chi connectivity index (χ0n) is 47.8. The van der Waals surface area contributed by atoms with Crippen molar-refractivity contribution < 1.29 is 28.6 Å². The number of rotatable bonds is 58. The molecule has 0 bridgehead atoms. The molecule has 6 nitrogen and oxygen atoms in total. The lowest BCUT2D eigenvalue weighted by molar-refractivity contribution is -0.167. The second-order valence-corrected chi connectivity index (χ2v) is 21.3. The molecule has 0 aliphatic carbocycles. The van der Waals surface area contributed by atoms with Gasteiger partial charge < -0.3 is 14.2 Å². The van der Waals surface area contributed by atoms with Crippen molar-refractivity contribution in [2.45, 2.75) is 348 Å². The van der Waals surface area contributed by atoms with Crippen molar-refractivity contribution in [1.82, 2.24) is 0 Å². The fourth-order valence-corrected chi connectivity index (χ4v) is 9.35. The highest BCUT2D eigenvalue weighted by atomic mass is 16.6. The van der Waals surface area contributed by atoms with E-state index in [9.17, 15) is 14.4 Å². The van der Waals surface area contributed by atoms with Crippen molar-refractivity contribution in [1.29, 1.82) is 0 Å². The molecule has 0 aliphatic heterocycles. The van der Waals surface area contributed by atoms with Gasteiger partial charge in [-0.2, -0.15) is 0 Å². The van der Waals surface area contributed by atoms with E-state index < -0.39 is 6.10 Å². The van der Waals surface area contributed by atoms with Gasteiger partial charge in [0, 0.05) is 19.3 Å². The molecule has 0 aliphatic rings. The average Bonchev–Trinajstić information content (AvgIpc) is 3.37. The number of unbranched alkanes of at least 4 members (excludes halogenated alkanes) is 41. The summed E-state index contributed by atoms with van der Waals surface area (Å²) in [6.45, 7) is 6.63. The standard InChI is InChI=1S/C65H120O6/c1-4-7-10-13-16-19-21-23-25-27-28-29-30-31-32-33-34-35-36-38-39-41-43-46-49-52-55-58-64(67)70-61-62(60-69-63(66)57-54-51-48-45-18-15-12-9-6-3)71-65(68)59-56-53-50-47-44-42-40-37-26-24-22-20-17-14-11-8-5-2/h17,20,24,26-28,62H,4-16,18-19,21-23,25,29-61H2,1-3H3/b20-17-,26-24-,28-27-. The summed E-state index contributed by atoms with van der Waals surface area (Å²) in [6, 6.07) is 0. The molecule has 0 rings (SSSR count). The molecule has 0 aromatic heterocycles. The van der Waals surface area contributed by atoms with Crippen LogP contribution in [0, 0.1) is 0 Å². The molecule has 71 heavy (non-hydrogen) atoms. The number of allylic oxidation sites excluding steroid dienone is 6. The van der Waals surface area contributed by atoms with E-state index in [1.807, 2.05) is 0 Å². The minimum atomic E-state index is -0.772. The Kier molecular flexibility index (Phi) is 58.2. The first kappa shape index (κ1) is 68.6. The van der Waals surface area contributed by atoms with Crippen LogP contribution in [0.4, 0.5) is 0 Å². The third-order valence-electron chi connectivity index (χ3n) is 14.1. The van der Waals surface area contributed by atoms with Crippen LogP contribution in [0.2, 0.25) is 0 Å². The van der Waals surface area contributed by atoms with Gasteiger partial charge in [0.1, 0.15) is 13.2 Å². The third kappa shape index (κ3) is 58.4. The average molecular weight is 998 g/mol. The second-order valence-electron chi connectivity index (χ2n) is 21.3. The molecular weight excluding hydrogens is 877 g/mol. The van der Waals surface area contributed by atoms with E-state index in [2.05, 4.69) is 57.2 Å². The third-order valence-corrected chi connectivity index (χ3v) is 14.1. The zero-order valence-corrected chi connectivity index (χ0v) is 47.8. The van der Waals surface area contributed by atoms with Gasteiger partial charge in [-0.25, -0.2) is 0 Å². The second kappa shape index (κ2) is 60.2. The van der Waals surface area contributed by atoms with Gasteiger partial charge in [0.25, 0.3) is 0 Å². The van der Waals surface area contributed by atoms with Gasteiger partial charge in [-0.1, -0.05) is 282 Å². The van der Waals surface area contributed by atoms with E-state index in [-0.39, 0.29) is 31.1 Å². The monoisotopic (exact) mass is 997 g/mol. The summed E-state index contributed by atoms with van der Waals surface area (Å²) in [5, 5.41) is 0. The summed E-state index contributed by atoms with van der Waals surface area (Å²) in [5.41, 5.74) is 0. The fraction of sp³-hybridized carbons (Fsp3) is 0.862. The lowest BCUT2D eigenvalue weighted by Gasteiger charge is -2.18. The molecule has 0 radical (unpaired) electrons. The van der Waals surface area contributed by atoms with Gasteiger partial charge in [0.15, 0.2) is 6.10 Å². The van der Waals surface area contributed by atoms with Crippen LogP contribution in [0.5, 0.6) is 0 Å². The molecule has 1 unspecified atom stereocenters. The van der Waals surface area contributed by atoms with Crippen LogP contribution in [0.15, 0.2) is 36.5 Å². The SMILES string of the molecule is CCCCC/C=C\C/C=C\CCCCCCCCCC(=O)OC(COC(=O)CCCCCCCCCCC)COC(=O)CCCCCCCCCCCCCCCCC/C=C\CCCCCCCCCC. The molecule has 6 heteroatoms. The van der Waals surface area contributed by atoms with E-state index >= 15 is 0 Å². The van der Waals surface area contributed by atoms with Crippen LogP contribution in [0.3, 0.4) is 0 Å². The Bertz CT molecular complexity index is 1190. The van der Waals surface area contributed by atoms with Crippen LogP contribution >= 0.6 is 0 Å². The van der Waals surface area contributed by atoms with Gasteiger partial charge in [-0.05, 0) is 77.0 Å². The minimum Gasteiger partial charge on any atom is -0.462 e. The van der Waals surface area contributed by atoms with Crippen LogP contribution in [0.1, 0.15) is 342 Å². The first-order valence-electron chi connectivity index (χ1n) is 31.5. The Balaban J connectivity index is 4.13. The normalized spacial score (nSPS) is 12.2.